The molecule has 2 aromatic rings. The van der Waals surface area contributed by atoms with Gasteiger partial charge in [0.05, 0.1) is 26.4 Å². The third-order valence-electron chi connectivity index (χ3n) is 15.7. The largest absolute Gasteiger partial charge is 0.468 e. The number of likely N-dealkylation sites (N-methyl/N-ethyl adjacent to an activating group) is 1. The van der Waals surface area contributed by atoms with Crippen LogP contribution >= 0.6 is 15.9 Å². The van der Waals surface area contributed by atoms with Crippen LogP contribution in [0, 0.1) is 28.6 Å². The Bertz CT molecular complexity index is 2240. The van der Waals surface area contributed by atoms with Crippen molar-refractivity contribution in [3.63, 3.8) is 0 Å². The van der Waals surface area contributed by atoms with E-state index in [2.05, 4.69) is 36.8 Å². The van der Waals surface area contributed by atoms with Gasteiger partial charge < -0.3 is 33.9 Å². The van der Waals surface area contributed by atoms with Crippen molar-refractivity contribution in [1.82, 2.24) is 19.7 Å². The number of H-pyrrole nitrogens is 1. The molecule has 1 saturated carbocycles. The first-order valence-electron chi connectivity index (χ1n) is 21.0. The summed E-state index contributed by atoms with van der Waals surface area (Å²) in [6.07, 6.45) is 7.51. The van der Waals surface area contributed by atoms with Gasteiger partial charge in [-0.2, -0.15) is 0 Å². The molecule has 1 spiro atoms. The minimum atomic E-state index is -2.94. The summed E-state index contributed by atoms with van der Waals surface area (Å²) in [4.78, 5) is 52.7. The number of rotatable bonds is 7. The molecule has 6 heterocycles. The van der Waals surface area contributed by atoms with Crippen LogP contribution in [0.1, 0.15) is 57.7 Å². The quantitative estimate of drug-likeness (QED) is 0.208. The number of hydrogen-bond donors (Lipinski definition) is 2. The molecule has 12 nitrogen and oxygen atoms in total. The van der Waals surface area contributed by atoms with Crippen LogP contribution in [-0.2, 0) is 45.3 Å². The van der Waals surface area contributed by atoms with E-state index in [-0.39, 0.29) is 31.3 Å². The van der Waals surface area contributed by atoms with Crippen LogP contribution in [0.4, 0.5) is 8.78 Å². The van der Waals surface area contributed by atoms with Gasteiger partial charge in [-0.05, 0) is 80.5 Å². The van der Waals surface area contributed by atoms with E-state index in [1.54, 1.807) is 7.11 Å². The number of nitrogens with zero attached hydrogens (tertiary/aromatic N) is 3. The first kappa shape index (κ1) is 41.7. The Kier molecular flexibility index (Phi) is 9.87. The minimum absolute atomic E-state index is 0.200. The minimum Gasteiger partial charge on any atom is -0.468 e. The first-order chi connectivity index (χ1) is 28.5. The highest BCUT2D eigenvalue weighted by Crippen LogP contribution is 2.70. The molecule has 1 aromatic heterocycles. The average molecular weight is 898 g/mol. The van der Waals surface area contributed by atoms with E-state index < -0.39 is 75.8 Å². The summed E-state index contributed by atoms with van der Waals surface area (Å²) in [5, 5.41) is 14.2. The first-order valence-corrected chi connectivity index (χ1v) is 21.8. The molecular weight excluding hydrogens is 842 g/mol. The summed E-state index contributed by atoms with van der Waals surface area (Å²) in [6, 6.07) is 4.60. The molecule has 2 bridgehead atoms. The van der Waals surface area contributed by atoms with E-state index in [1.807, 2.05) is 55.3 Å². The van der Waals surface area contributed by atoms with E-state index in [0.717, 1.165) is 39.1 Å². The van der Waals surface area contributed by atoms with E-state index in [0.29, 0.717) is 44.7 Å². The number of piperidine rings is 1. The van der Waals surface area contributed by atoms with Gasteiger partial charge in [0, 0.05) is 103 Å². The molecule has 0 amide bonds. The second-order valence-corrected chi connectivity index (χ2v) is 19.4. The van der Waals surface area contributed by atoms with Gasteiger partial charge in [-0.1, -0.05) is 41.1 Å². The van der Waals surface area contributed by atoms with Crippen molar-refractivity contribution in [2.45, 2.75) is 94.2 Å². The van der Waals surface area contributed by atoms with Gasteiger partial charge in [-0.3, -0.25) is 19.4 Å². The maximum atomic E-state index is 15.4. The predicted octanol–water partition coefficient (Wildman–Crippen LogP) is 5.48. The zero-order chi connectivity index (χ0) is 42.9. The van der Waals surface area contributed by atoms with E-state index in [1.165, 1.54) is 21.1 Å². The third kappa shape index (κ3) is 5.46. The number of aromatic amines is 1. The molecule has 3 saturated heterocycles. The molecule has 2 N–H and O–H groups in total. The number of aliphatic hydroxyl groups is 1. The van der Waals surface area contributed by atoms with Gasteiger partial charge in [-0.15, -0.1) is 0 Å². The van der Waals surface area contributed by atoms with Gasteiger partial charge in [0.15, 0.2) is 6.10 Å². The lowest BCUT2D eigenvalue weighted by atomic mass is 9.47. The SMILES string of the molecule is CC[C@]12C=CCN3CC[C@@]4(C5=CC([C@@]6(C(=O)OC)C[C@H]7CC(C(C)(F)F)CN(Cc8c6[nH]c6ccc(Br)cc86)C7)C(OC)C=C5N(C)[C@H]4[C@@](O)(C(=O)OC)[C@@H]1OC(C)=O)[C@@H]32. The number of carbonyl (C=O) groups is 3. The zero-order valence-electron chi connectivity index (χ0n) is 35.2. The monoisotopic (exact) mass is 896 g/mol. The molecule has 15 heteroatoms. The van der Waals surface area contributed by atoms with Crippen molar-refractivity contribution in [3.05, 3.63) is 69.5 Å². The number of hydrogen-bond acceptors (Lipinski definition) is 11. The Morgan fingerprint density at radius 3 is 2.50 bits per heavy atom. The molecule has 4 unspecified atom stereocenters. The third-order valence-corrected chi connectivity index (χ3v) is 16.2. The molecule has 1 aromatic carbocycles. The molecule has 12 atom stereocenters. The highest BCUT2D eigenvalue weighted by Gasteiger charge is 2.81. The summed E-state index contributed by atoms with van der Waals surface area (Å²) in [5.41, 5.74) is -1.85. The number of methoxy groups -OCH3 is 3. The predicted molar refractivity (Wildman–Crippen MR) is 221 cm³/mol. The van der Waals surface area contributed by atoms with Crippen molar-refractivity contribution in [3.8, 4) is 0 Å². The van der Waals surface area contributed by atoms with Crippen molar-refractivity contribution >= 4 is 44.7 Å². The molecule has 9 rings (SSSR count). The zero-order valence-corrected chi connectivity index (χ0v) is 36.8. The number of alkyl halides is 2. The fraction of sp³-hybridized carbons (Fsp3) is 0.622. The maximum Gasteiger partial charge on any atom is 0.344 e. The van der Waals surface area contributed by atoms with Crippen molar-refractivity contribution in [2.24, 2.45) is 28.6 Å². The lowest BCUT2D eigenvalue weighted by Gasteiger charge is -2.63. The fourth-order valence-electron chi connectivity index (χ4n) is 13.7. The van der Waals surface area contributed by atoms with Gasteiger partial charge in [0.2, 0.25) is 11.5 Å². The van der Waals surface area contributed by atoms with Crippen LogP contribution in [0.3, 0.4) is 0 Å². The highest BCUT2D eigenvalue weighted by atomic mass is 79.9. The maximum absolute atomic E-state index is 15.4. The van der Waals surface area contributed by atoms with Crippen molar-refractivity contribution < 1.29 is 47.2 Å². The van der Waals surface area contributed by atoms with Gasteiger partial charge >= 0.3 is 17.9 Å². The number of halogens is 3. The van der Waals surface area contributed by atoms with Crippen LogP contribution in [0.15, 0.2) is 58.2 Å². The second kappa shape index (κ2) is 14.2. The standard InChI is InChI=1S/C45H55BrF2N4O8/c1-8-42-12-9-14-52-15-13-43(36(42)52)30-18-31(34(57-5)19-33(30)50(4)37(43)45(56,40(55)59-7)38(42)60-24(2)53)44(39(54)58-6)20-25-16-26(41(3,47)48)22-51(21-25)23-29-28-17-27(46)10-11-32(28)49-35(29)44/h9-12,17-19,25-26,31,34,36-38,49,56H,8,13-16,20-23H2,1-7H3/t25-,26?,31?,34?,36+,37-,38-,42-,43-,44+,45+/m1/s1. The number of nitrogens with one attached hydrogen (secondary N) is 1. The summed E-state index contributed by atoms with van der Waals surface area (Å²) in [6.45, 7) is 6.60. The molecule has 5 aliphatic heterocycles. The Labute approximate surface area is 357 Å². The van der Waals surface area contributed by atoms with Gasteiger partial charge in [0.1, 0.15) is 5.41 Å². The van der Waals surface area contributed by atoms with E-state index in [9.17, 15) is 14.7 Å². The fourth-order valence-corrected chi connectivity index (χ4v) is 14.1. The Balaban J connectivity index is 1.33. The average Bonchev–Trinajstić information content (AvgIpc) is 3.86. The lowest BCUT2D eigenvalue weighted by Crippen LogP contribution is -2.79. The topological polar surface area (TPSA) is 134 Å². The second-order valence-electron chi connectivity index (χ2n) is 18.5. The smallest absolute Gasteiger partial charge is 0.344 e. The van der Waals surface area contributed by atoms with Gasteiger partial charge in [-0.25, -0.2) is 13.6 Å². The number of ether oxygens (including phenoxy) is 4. The van der Waals surface area contributed by atoms with Crippen LogP contribution < -0.4 is 0 Å². The van der Waals surface area contributed by atoms with E-state index in [4.69, 9.17) is 18.9 Å². The normalized spacial score (nSPS) is 39.4. The Hall–Kier alpha value is -3.63. The summed E-state index contributed by atoms with van der Waals surface area (Å²) in [5.74, 6) is -6.93. The molecule has 324 valence electrons. The summed E-state index contributed by atoms with van der Waals surface area (Å²) >= 11 is 3.65. The lowest BCUT2D eigenvalue weighted by molar-refractivity contribution is -0.243. The van der Waals surface area contributed by atoms with Crippen molar-refractivity contribution in [1.29, 1.82) is 0 Å². The Morgan fingerprint density at radius 1 is 1.08 bits per heavy atom. The van der Waals surface area contributed by atoms with E-state index >= 15 is 13.6 Å². The van der Waals surface area contributed by atoms with Crippen LogP contribution in [0.2, 0.25) is 0 Å². The number of aromatic nitrogens is 1. The van der Waals surface area contributed by atoms with Crippen molar-refractivity contribution in [2.75, 3.05) is 54.6 Å². The van der Waals surface area contributed by atoms with Crippen LogP contribution in [0.25, 0.3) is 10.9 Å². The molecule has 60 heavy (non-hydrogen) atoms. The summed E-state index contributed by atoms with van der Waals surface area (Å²) < 4.78 is 55.5. The number of esters is 3. The molecule has 0 radical (unpaired) electrons. The molecule has 2 aliphatic carbocycles. The highest BCUT2D eigenvalue weighted by molar-refractivity contribution is 9.10. The molecule has 7 aliphatic rings. The number of allylic oxidation sites excluding steroid dienone is 1. The number of likely N-dealkylation sites (tertiary alicyclic amines) is 1. The van der Waals surface area contributed by atoms with Crippen LogP contribution in [0.5, 0.6) is 0 Å². The Morgan fingerprint density at radius 2 is 1.83 bits per heavy atom. The summed E-state index contributed by atoms with van der Waals surface area (Å²) in [7, 11) is 6.04. The van der Waals surface area contributed by atoms with Gasteiger partial charge in [0.25, 0.3) is 0 Å². The van der Waals surface area contributed by atoms with Crippen LogP contribution in [-0.4, -0.2) is 133 Å². The molecular formula is C45H55BrF2N4O8. The number of fused-ring (bicyclic) bond motifs is 6. The number of benzene rings is 1. The molecule has 4 fully saturated rings. The number of carbonyl (C=O) groups excluding carboxylic acids is 3.